The molecule has 0 aromatic carbocycles. The van der Waals surface area contributed by atoms with Crippen LogP contribution in [0.1, 0.15) is 0 Å². The summed E-state index contributed by atoms with van der Waals surface area (Å²) in [5, 5.41) is 7.86. The van der Waals surface area contributed by atoms with Crippen molar-refractivity contribution in [1.82, 2.24) is 0 Å². The van der Waals surface area contributed by atoms with Crippen LogP contribution in [0, 0.1) is 0 Å². The summed E-state index contributed by atoms with van der Waals surface area (Å²) in [4.78, 5) is 0. The summed E-state index contributed by atoms with van der Waals surface area (Å²) < 4.78 is 59.7. The van der Waals surface area contributed by atoms with Crippen LogP contribution in [0.2, 0.25) is 0 Å². The van der Waals surface area contributed by atoms with Gasteiger partial charge < -0.3 is 9.84 Å². The Balaban J connectivity index is 0.000000265. The van der Waals surface area contributed by atoms with Gasteiger partial charge in [0, 0.05) is 0 Å². The predicted molar refractivity (Wildman–Crippen MR) is 49.7 cm³/mol. The van der Waals surface area contributed by atoms with Gasteiger partial charge in [0.1, 0.15) is 5.75 Å². The third-order valence-electron chi connectivity index (χ3n) is 1.15. The summed E-state index contributed by atoms with van der Waals surface area (Å²) in [5.41, 5.74) is 0. The van der Waals surface area contributed by atoms with Gasteiger partial charge in [-0.05, 0) is 0 Å². The van der Waals surface area contributed by atoms with E-state index < -0.39 is 32.6 Å². The Morgan fingerprint density at radius 2 is 1.60 bits per heavy atom. The SMILES string of the molecule is O=S(=O)(O)CC1CO1.O=S(=O)(O)CCO. The molecule has 0 aromatic heterocycles. The lowest BCUT2D eigenvalue weighted by Crippen LogP contribution is -2.08. The number of rotatable bonds is 4. The summed E-state index contributed by atoms with van der Waals surface area (Å²) in [7, 11) is -7.71. The van der Waals surface area contributed by atoms with Gasteiger partial charge in [-0.2, -0.15) is 16.8 Å². The zero-order chi connectivity index (χ0) is 12.1. The molecule has 0 radical (unpaired) electrons. The van der Waals surface area contributed by atoms with Crippen LogP contribution in [-0.4, -0.2) is 61.9 Å². The zero-order valence-corrected chi connectivity index (χ0v) is 9.24. The van der Waals surface area contributed by atoms with Crippen molar-refractivity contribution in [3.8, 4) is 0 Å². The third kappa shape index (κ3) is 13.7. The molecule has 1 aliphatic heterocycles. The van der Waals surface area contributed by atoms with Crippen molar-refractivity contribution in [2.75, 3.05) is 24.7 Å². The molecule has 1 fully saturated rings. The number of hydrogen-bond donors (Lipinski definition) is 3. The molecule has 0 aliphatic carbocycles. The minimum Gasteiger partial charge on any atom is -0.395 e. The fraction of sp³-hybridized carbons (Fsp3) is 1.00. The molecule has 0 aromatic rings. The summed E-state index contributed by atoms with van der Waals surface area (Å²) in [6, 6.07) is 0. The standard InChI is InChI=1S/C3H6O4S.C2H6O4S/c4-8(5,6)2-3-1-7-3;3-1-2-7(4,5)6/h3H,1-2H2,(H,4,5,6);3H,1-2H2,(H,4,5,6). The number of epoxide rings is 1. The van der Waals surface area contributed by atoms with Crippen LogP contribution in [-0.2, 0) is 25.0 Å². The molecule has 3 N–H and O–H groups in total. The van der Waals surface area contributed by atoms with E-state index in [4.69, 9.17) is 14.2 Å². The van der Waals surface area contributed by atoms with Crippen LogP contribution >= 0.6 is 0 Å². The maximum Gasteiger partial charge on any atom is 0.267 e. The highest BCUT2D eigenvalue weighted by atomic mass is 32.2. The van der Waals surface area contributed by atoms with Crippen molar-refractivity contribution in [2.24, 2.45) is 0 Å². The lowest BCUT2D eigenvalue weighted by atomic mass is 10.6. The van der Waals surface area contributed by atoms with Crippen molar-refractivity contribution in [3.63, 3.8) is 0 Å². The molecule has 1 aliphatic rings. The van der Waals surface area contributed by atoms with E-state index in [-0.39, 0.29) is 11.9 Å². The largest absolute Gasteiger partial charge is 0.395 e. The van der Waals surface area contributed by atoms with Gasteiger partial charge in [0.05, 0.1) is 25.1 Å². The van der Waals surface area contributed by atoms with E-state index in [2.05, 4.69) is 4.74 Å². The van der Waals surface area contributed by atoms with E-state index in [1.807, 2.05) is 0 Å². The molecule has 1 atom stereocenters. The topological polar surface area (TPSA) is 142 Å². The molecule has 1 saturated heterocycles. The van der Waals surface area contributed by atoms with Gasteiger partial charge in [-0.3, -0.25) is 9.11 Å². The molecule has 1 heterocycles. The van der Waals surface area contributed by atoms with E-state index in [9.17, 15) is 16.8 Å². The minimum absolute atomic E-state index is 0.245. The first-order valence-electron chi connectivity index (χ1n) is 3.77. The number of aliphatic hydroxyl groups excluding tert-OH is 1. The fourth-order valence-electron chi connectivity index (χ4n) is 0.515. The maximum atomic E-state index is 9.96. The Labute approximate surface area is 87.4 Å². The van der Waals surface area contributed by atoms with E-state index in [1.165, 1.54) is 0 Å². The maximum absolute atomic E-state index is 9.96. The number of aliphatic hydroxyl groups is 1. The summed E-state index contributed by atoms with van der Waals surface area (Å²) >= 11 is 0. The minimum atomic E-state index is -3.92. The molecule has 92 valence electrons. The first-order chi connectivity index (χ1) is 6.64. The molecule has 10 heteroatoms. The monoisotopic (exact) mass is 264 g/mol. The van der Waals surface area contributed by atoms with Crippen LogP contribution in [0.3, 0.4) is 0 Å². The van der Waals surface area contributed by atoms with Crippen molar-refractivity contribution in [2.45, 2.75) is 6.10 Å². The highest BCUT2D eigenvalue weighted by Gasteiger charge is 2.27. The average Bonchev–Trinajstić information content (AvgIpc) is 2.65. The van der Waals surface area contributed by atoms with E-state index in [0.717, 1.165) is 0 Å². The molecule has 0 amide bonds. The van der Waals surface area contributed by atoms with Crippen LogP contribution in [0.15, 0.2) is 0 Å². The molecule has 0 saturated carbocycles. The molecule has 1 unspecified atom stereocenters. The Morgan fingerprint density at radius 1 is 1.13 bits per heavy atom. The second-order valence-electron chi connectivity index (χ2n) is 2.71. The van der Waals surface area contributed by atoms with Gasteiger partial charge in [-0.25, -0.2) is 0 Å². The highest BCUT2D eigenvalue weighted by Crippen LogP contribution is 2.09. The summed E-state index contributed by atoms with van der Waals surface area (Å²) in [6.45, 7) is -0.0708. The Bertz CT molecular complexity index is 364. The number of ether oxygens (including phenoxy) is 1. The number of hydrogen-bond acceptors (Lipinski definition) is 6. The van der Waals surface area contributed by atoms with Crippen LogP contribution < -0.4 is 0 Å². The molecule has 8 nitrogen and oxygen atoms in total. The quantitative estimate of drug-likeness (QED) is 0.396. The first kappa shape index (κ1) is 14.7. The first-order valence-corrected chi connectivity index (χ1v) is 6.98. The van der Waals surface area contributed by atoms with Crippen molar-refractivity contribution >= 4 is 20.2 Å². The smallest absolute Gasteiger partial charge is 0.267 e. The van der Waals surface area contributed by atoms with E-state index in [1.54, 1.807) is 0 Å². The van der Waals surface area contributed by atoms with Crippen molar-refractivity contribution < 1.29 is 35.8 Å². The van der Waals surface area contributed by atoms with Gasteiger partial charge >= 0.3 is 0 Å². The molecule has 1 rings (SSSR count). The van der Waals surface area contributed by atoms with Gasteiger partial charge in [0.15, 0.2) is 0 Å². The summed E-state index contributed by atoms with van der Waals surface area (Å²) in [6.07, 6.45) is -0.245. The van der Waals surface area contributed by atoms with Crippen LogP contribution in [0.4, 0.5) is 0 Å². The van der Waals surface area contributed by atoms with Crippen molar-refractivity contribution in [1.29, 1.82) is 0 Å². The van der Waals surface area contributed by atoms with E-state index in [0.29, 0.717) is 6.61 Å². The summed E-state index contributed by atoms with van der Waals surface area (Å²) in [5.74, 6) is -0.833. The Hall–Kier alpha value is -0.260. The van der Waals surface area contributed by atoms with Gasteiger partial charge in [0.2, 0.25) is 0 Å². The lowest BCUT2D eigenvalue weighted by Gasteiger charge is -1.86. The third-order valence-corrected chi connectivity index (χ3v) is 2.64. The second kappa shape index (κ2) is 5.72. The normalized spacial score (nSPS) is 20.3. The zero-order valence-electron chi connectivity index (χ0n) is 7.61. The average molecular weight is 264 g/mol. The molecular formula is C5H12O8S2. The fourth-order valence-corrected chi connectivity index (χ4v) is 1.41. The molecule has 0 bridgehead atoms. The molecular weight excluding hydrogens is 252 g/mol. The highest BCUT2D eigenvalue weighted by molar-refractivity contribution is 7.86. The molecule has 15 heavy (non-hydrogen) atoms. The van der Waals surface area contributed by atoms with Crippen LogP contribution in [0.5, 0.6) is 0 Å². The lowest BCUT2D eigenvalue weighted by molar-refractivity contribution is 0.315. The van der Waals surface area contributed by atoms with Gasteiger partial charge in [-0.1, -0.05) is 0 Å². The Morgan fingerprint density at radius 3 is 1.67 bits per heavy atom. The van der Waals surface area contributed by atoms with Crippen LogP contribution in [0.25, 0.3) is 0 Å². The second-order valence-corrected chi connectivity index (χ2v) is 5.78. The predicted octanol–water partition coefficient (Wildman–Crippen LogP) is -1.86. The van der Waals surface area contributed by atoms with Gasteiger partial charge in [0.25, 0.3) is 20.2 Å². The van der Waals surface area contributed by atoms with Crippen molar-refractivity contribution in [3.05, 3.63) is 0 Å². The van der Waals surface area contributed by atoms with E-state index >= 15 is 0 Å². The Kier molecular flexibility index (Phi) is 5.62. The molecule has 0 spiro atoms. The van der Waals surface area contributed by atoms with Gasteiger partial charge in [-0.15, -0.1) is 0 Å².